The molecule has 25 heavy (non-hydrogen) atoms. The van der Waals surface area contributed by atoms with E-state index in [2.05, 4.69) is 5.32 Å². The number of carboxylic acids is 1. The number of hydrogen-bond acceptors (Lipinski definition) is 3. The van der Waals surface area contributed by atoms with E-state index in [-0.39, 0.29) is 18.2 Å². The molecule has 1 atom stereocenters. The maximum Gasteiger partial charge on any atom is 0.303 e. The number of carboxylic acid groups (broad SMARTS) is 1. The molecular formula is C20H22N2O3. The van der Waals surface area contributed by atoms with Crippen molar-refractivity contribution in [3.63, 3.8) is 0 Å². The molecule has 1 fully saturated rings. The summed E-state index contributed by atoms with van der Waals surface area (Å²) >= 11 is 0. The number of hydrogen-bond donors (Lipinski definition) is 2. The van der Waals surface area contributed by atoms with Gasteiger partial charge in [0.05, 0.1) is 6.42 Å². The highest BCUT2D eigenvalue weighted by molar-refractivity contribution is 6.01. The molecule has 0 bridgehead atoms. The van der Waals surface area contributed by atoms with Crippen molar-refractivity contribution in [3.8, 4) is 11.1 Å². The van der Waals surface area contributed by atoms with Gasteiger partial charge in [0, 0.05) is 31.7 Å². The van der Waals surface area contributed by atoms with Gasteiger partial charge in [0.2, 0.25) is 0 Å². The van der Waals surface area contributed by atoms with E-state index in [0.29, 0.717) is 31.7 Å². The molecule has 0 saturated carbocycles. The molecule has 130 valence electrons. The van der Waals surface area contributed by atoms with E-state index in [1.54, 1.807) is 4.90 Å². The smallest absolute Gasteiger partial charge is 0.303 e. The van der Waals surface area contributed by atoms with Gasteiger partial charge in [0.25, 0.3) is 5.91 Å². The molecule has 1 saturated heterocycles. The van der Waals surface area contributed by atoms with E-state index in [9.17, 15) is 9.59 Å². The van der Waals surface area contributed by atoms with Crippen LogP contribution in [0.4, 0.5) is 0 Å². The van der Waals surface area contributed by atoms with Crippen molar-refractivity contribution < 1.29 is 14.7 Å². The van der Waals surface area contributed by atoms with Gasteiger partial charge in [-0.2, -0.15) is 0 Å². The Hall–Kier alpha value is -2.66. The summed E-state index contributed by atoms with van der Waals surface area (Å²) in [6, 6.07) is 17.4. The molecule has 0 aliphatic carbocycles. The van der Waals surface area contributed by atoms with Crippen molar-refractivity contribution in [1.29, 1.82) is 0 Å². The SMILES string of the molecule is O=C(O)CC1CNCCN(C(=O)c2ccccc2-c2ccccc2)C1. The summed E-state index contributed by atoms with van der Waals surface area (Å²) in [5.41, 5.74) is 2.56. The summed E-state index contributed by atoms with van der Waals surface area (Å²) in [5, 5.41) is 12.3. The van der Waals surface area contributed by atoms with Gasteiger partial charge in [-0.05, 0) is 23.1 Å². The van der Waals surface area contributed by atoms with Gasteiger partial charge < -0.3 is 15.3 Å². The second kappa shape index (κ2) is 7.94. The van der Waals surface area contributed by atoms with Crippen LogP contribution < -0.4 is 5.32 Å². The third kappa shape index (κ3) is 4.25. The first-order chi connectivity index (χ1) is 12.1. The molecule has 1 amide bonds. The molecule has 1 heterocycles. The van der Waals surface area contributed by atoms with Crippen LogP contribution in [0.2, 0.25) is 0 Å². The van der Waals surface area contributed by atoms with Crippen LogP contribution in [0.25, 0.3) is 11.1 Å². The van der Waals surface area contributed by atoms with Crippen molar-refractivity contribution in [1.82, 2.24) is 10.2 Å². The standard InChI is InChI=1S/C20H22N2O3/c23-19(24)12-15-13-21-10-11-22(14-15)20(25)18-9-5-4-8-17(18)16-6-2-1-3-7-16/h1-9,15,21H,10-14H2,(H,23,24). The fraction of sp³-hybridized carbons (Fsp3) is 0.300. The van der Waals surface area contributed by atoms with Gasteiger partial charge in [0.15, 0.2) is 0 Å². The van der Waals surface area contributed by atoms with E-state index in [4.69, 9.17) is 5.11 Å². The zero-order valence-electron chi connectivity index (χ0n) is 14.0. The first-order valence-corrected chi connectivity index (χ1v) is 8.51. The predicted octanol–water partition coefficient (Wildman–Crippen LogP) is 2.49. The van der Waals surface area contributed by atoms with Crippen LogP contribution >= 0.6 is 0 Å². The molecule has 2 aromatic rings. The molecule has 1 aliphatic rings. The largest absolute Gasteiger partial charge is 0.481 e. The van der Waals surface area contributed by atoms with Crippen LogP contribution in [0.5, 0.6) is 0 Å². The van der Waals surface area contributed by atoms with Crippen LogP contribution in [-0.4, -0.2) is 48.1 Å². The first kappa shape index (κ1) is 17.2. The lowest BCUT2D eigenvalue weighted by molar-refractivity contribution is -0.138. The van der Waals surface area contributed by atoms with Crippen LogP contribution in [0.1, 0.15) is 16.8 Å². The quantitative estimate of drug-likeness (QED) is 0.899. The fourth-order valence-electron chi connectivity index (χ4n) is 3.27. The molecule has 0 radical (unpaired) electrons. The highest BCUT2D eigenvalue weighted by atomic mass is 16.4. The number of aliphatic carboxylic acids is 1. The highest BCUT2D eigenvalue weighted by Gasteiger charge is 2.25. The lowest BCUT2D eigenvalue weighted by Crippen LogP contribution is -2.36. The zero-order valence-corrected chi connectivity index (χ0v) is 14.0. The minimum atomic E-state index is -0.828. The predicted molar refractivity (Wildman–Crippen MR) is 96.4 cm³/mol. The van der Waals surface area contributed by atoms with Gasteiger partial charge in [0.1, 0.15) is 0 Å². The summed E-state index contributed by atoms with van der Waals surface area (Å²) in [7, 11) is 0. The minimum absolute atomic E-state index is 0.0430. The average molecular weight is 338 g/mol. The summed E-state index contributed by atoms with van der Waals surface area (Å²) in [4.78, 5) is 25.9. The molecule has 1 aliphatic heterocycles. The maximum atomic E-state index is 13.1. The van der Waals surface area contributed by atoms with Crippen LogP contribution in [0.3, 0.4) is 0 Å². The van der Waals surface area contributed by atoms with Gasteiger partial charge in [-0.15, -0.1) is 0 Å². The number of amides is 1. The van der Waals surface area contributed by atoms with Crippen LogP contribution in [0, 0.1) is 5.92 Å². The van der Waals surface area contributed by atoms with E-state index in [1.807, 2.05) is 54.6 Å². The van der Waals surface area contributed by atoms with Gasteiger partial charge in [-0.3, -0.25) is 9.59 Å². The second-order valence-electron chi connectivity index (χ2n) is 6.33. The summed E-state index contributed by atoms with van der Waals surface area (Å²) in [6.45, 7) is 2.34. The summed E-state index contributed by atoms with van der Waals surface area (Å²) in [5.74, 6) is -0.947. The Morgan fingerprint density at radius 3 is 2.56 bits per heavy atom. The fourth-order valence-corrected chi connectivity index (χ4v) is 3.27. The minimum Gasteiger partial charge on any atom is -0.481 e. The van der Waals surface area contributed by atoms with Crippen LogP contribution in [-0.2, 0) is 4.79 Å². The van der Waals surface area contributed by atoms with E-state index in [1.165, 1.54) is 0 Å². The number of nitrogens with zero attached hydrogens (tertiary/aromatic N) is 1. The number of benzene rings is 2. The zero-order chi connectivity index (χ0) is 17.6. The molecule has 3 rings (SSSR count). The topological polar surface area (TPSA) is 69.6 Å². The molecule has 2 aromatic carbocycles. The Morgan fingerprint density at radius 2 is 1.80 bits per heavy atom. The van der Waals surface area contributed by atoms with E-state index < -0.39 is 5.97 Å². The van der Waals surface area contributed by atoms with Crippen molar-refractivity contribution in [2.24, 2.45) is 5.92 Å². The lowest BCUT2D eigenvalue weighted by Gasteiger charge is -2.24. The molecule has 0 spiro atoms. The third-order valence-corrected chi connectivity index (χ3v) is 4.46. The van der Waals surface area contributed by atoms with E-state index >= 15 is 0 Å². The Kier molecular flexibility index (Phi) is 5.46. The Bertz CT molecular complexity index is 746. The molecule has 5 nitrogen and oxygen atoms in total. The van der Waals surface area contributed by atoms with Crippen molar-refractivity contribution >= 4 is 11.9 Å². The molecular weight excluding hydrogens is 316 g/mol. The first-order valence-electron chi connectivity index (χ1n) is 8.51. The van der Waals surface area contributed by atoms with Gasteiger partial charge in [-0.25, -0.2) is 0 Å². The maximum absolute atomic E-state index is 13.1. The highest BCUT2D eigenvalue weighted by Crippen LogP contribution is 2.25. The van der Waals surface area contributed by atoms with Crippen molar-refractivity contribution in [2.75, 3.05) is 26.2 Å². The lowest BCUT2D eigenvalue weighted by atomic mass is 9.98. The number of nitrogens with one attached hydrogen (secondary N) is 1. The molecule has 2 N–H and O–H groups in total. The molecule has 1 unspecified atom stereocenters. The Labute approximate surface area is 147 Å². The Morgan fingerprint density at radius 1 is 1.08 bits per heavy atom. The summed E-state index contributed by atoms with van der Waals surface area (Å²) < 4.78 is 0. The Balaban J connectivity index is 1.86. The average Bonchev–Trinajstić information content (AvgIpc) is 2.87. The van der Waals surface area contributed by atoms with E-state index in [0.717, 1.165) is 11.1 Å². The van der Waals surface area contributed by atoms with Crippen LogP contribution in [0.15, 0.2) is 54.6 Å². The molecule has 5 heteroatoms. The number of rotatable bonds is 4. The number of carbonyl (C=O) groups is 2. The monoisotopic (exact) mass is 338 g/mol. The second-order valence-corrected chi connectivity index (χ2v) is 6.33. The third-order valence-electron chi connectivity index (χ3n) is 4.46. The summed E-state index contributed by atoms with van der Waals surface area (Å²) in [6.07, 6.45) is 0.0666. The normalized spacial score (nSPS) is 17.8. The molecule has 0 aromatic heterocycles. The van der Waals surface area contributed by atoms with Crippen molar-refractivity contribution in [2.45, 2.75) is 6.42 Å². The van der Waals surface area contributed by atoms with Crippen molar-refractivity contribution in [3.05, 3.63) is 60.2 Å². The van der Waals surface area contributed by atoms with Gasteiger partial charge >= 0.3 is 5.97 Å². The number of carbonyl (C=O) groups excluding carboxylic acids is 1. The van der Waals surface area contributed by atoms with Gasteiger partial charge in [-0.1, -0.05) is 48.5 Å².